The molecule has 1 N–H and O–H groups in total. The van der Waals surface area contributed by atoms with E-state index in [4.69, 9.17) is 14.7 Å². The van der Waals surface area contributed by atoms with Crippen molar-refractivity contribution in [3.8, 4) is 6.07 Å². The van der Waals surface area contributed by atoms with Crippen LogP contribution >= 0.6 is 0 Å². The quantitative estimate of drug-likeness (QED) is 0.596. The molecule has 2 saturated heterocycles. The Morgan fingerprint density at radius 1 is 1.14 bits per heavy atom. The molecule has 0 unspecified atom stereocenters. The number of nitriles is 1. The summed E-state index contributed by atoms with van der Waals surface area (Å²) in [5.41, 5.74) is 5.38. The molecular weight excluding hydrogens is 452 g/mol. The summed E-state index contributed by atoms with van der Waals surface area (Å²) in [5, 5.41) is 9.10. The lowest BCUT2D eigenvalue weighted by atomic mass is 9.74. The van der Waals surface area contributed by atoms with Crippen LogP contribution in [0, 0.1) is 16.7 Å². The first-order valence-electron chi connectivity index (χ1n) is 13.1. The number of aromatic nitrogens is 2. The van der Waals surface area contributed by atoms with Crippen molar-refractivity contribution in [2.75, 3.05) is 39.5 Å². The molecule has 0 amide bonds. The zero-order chi connectivity index (χ0) is 25.2. The summed E-state index contributed by atoms with van der Waals surface area (Å²) in [4.78, 5) is 22.7. The number of carbonyl (C=O) groups is 1. The number of nitrogens with zero attached hydrogens (tertiary/aromatic N) is 3. The van der Waals surface area contributed by atoms with Crippen LogP contribution in [0.3, 0.4) is 0 Å². The van der Waals surface area contributed by atoms with Crippen LogP contribution in [0.15, 0.2) is 30.5 Å². The first-order valence-corrected chi connectivity index (χ1v) is 13.1. The molecule has 190 valence electrons. The van der Waals surface area contributed by atoms with E-state index in [9.17, 15) is 4.79 Å². The lowest BCUT2D eigenvalue weighted by Gasteiger charge is -2.48. The largest absolute Gasteiger partial charge is 0.381 e. The fraction of sp³-hybridized carbons (Fsp3) is 0.552. The number of hydrogen-bond acceptors (Lipinski definition) is 6. The van der Waals surface area contributed by atoms with Gasteiger partial charge in [0.05, 0.1) is 24.9 Å². The number of hydrogen-bond donors (Lipinski definition) is 1. The fourth-order valence-electron chi connectivity index (χ4n) is 5.90. The Hall–Kier alpha value is -2.79. The van der Waals surface area contributed by atoms with E-state index in [1.54, 1.807) is 0 Å². The van der Waals surface area contributed by atoms with Crippen molar-refractivity contribution in [3.63, 3.8) is 0 Å². The van der Waals surface area contributed by atoms with Gasteiger partial charge in [0, 0.05) is 32.7 Å². The summed E-state index contributed by atoms with van der Waals surface area (Å²) < 4.78 is 11.5. The minimum absolute atomic E-state index is 0.0729. The van der Waals surface area contributed by atoms with Crippen LogP contribution in [-0.4, -0.2) is 60.2 Å². The molecule has 1 aromatic carbocycles. The predicted molar refractivity (Wildman–Crippen MR) is 138 cm³/mol. The van der Waals surface area contributed by atoms with Gasteiger partial charge in [-0.25, -0.2) is 4.98 Å². The Morgan fingerprint density at radius 3 is 2.56 bits per heavy atom. The number of rotatable bonds is 6. The number of H-pyrrole nitrogens is 1. The van der Waals surface area contributed by atoms with Crippen LogP contribution in [0.4, 0.5) is 0 Å². The van der Waals surface area contributed by atoms with E-state index < -0.39 is 0 Å². The molecule has 0 atom stereocenters. The molecule has 7 nitrogen and oxygen atoms in total. The highest BCUT2D eigenvalue weighted by molar-refractivity contribution is 5.95. The molecule has 0 bridgehead atoms. The van der Waals surface area contributed by atoms with Gasteiger partial charge in [-0.1, -0.05) is 32.1 Å². The number of allylic oxidation sites excluding steroid dienone is 2. The average molecular weight is 489 g/mol. The van der Waals surface area contributed by atoms with Crippen molar-refractivity contribution in [1.82, 2.24) is 14.9 Å². The minimum atomic E-state index is -0.101. The number of imidazole rings is 1. The highest BCUT2D eigenvalue weighted by Crippen LogP contribution is 2.43. The first kappa shape index (κ1) is 24.9. The molecule has 1 aromatic heterocycles. The van der Waals surface area contributed by atoms with Crippen molar-refractivity contribution in [3.05, 3.63) is 58.7 Å². The van der Waals surface area contributed by atoms with Gasteiger partial charge >= 0.3 is 0 Å². The molecule has 5 rings (SSSR count). The van der Waals surface area contributed by atoms with Gasteiger partial charge in [0.15, 0.2) is 5.82 Å². The maximum absolute atomic E-state index is 13.1. The van der Waals surface area contributed by atoms with Crippen LogP contribution in [0.2, 0.25) is 0 Å². The number of morpholine rings is 1. The second-order valence-corrected chi connectivity index (χ2v) is 11.1. The van der Waals surface area contributed by atoms with Gasteiger partial charge < -0.3 is 14.5 Å². The normalized spacial score (nSPS) is 22.0. The molecule has 0 saturated carbocycles. The maximum Gasteiger partial charge on any atom is 0.202 e. The molecule has 36 heavy (non-hydrogen) atoms. The maximum atomic E-state index is 13.1. The van der Waals surface area contributed by atoms with Gasteiger partial charge in [-0.3, -0.25) is 9.69 Å². The lowest BCUT2D eigenvalue weighted by molar-refractivity contribution is -0.0746. The molecule has 3 aliphatic rings. The zero-order valence-corrected chi connectivity index (χ0v) is 21.4. The van der Waals surface area contributed by atoms with E-state index in [2.05, 4.69) is 53.0 Å². The summed E-state index contributed by atoms with van der Waals surface area (Å²) in [6.45, 7) is 9.51. The Labute approximate surface area is 213 Å². The van der Waals surface area contributed by atoms with Crippen LogP contribution in [0.5, 0.6) is 0 Å². The monoisotopic (exact) mass is 488 g/mol. The van der Waals surface area contributed by atoms with Gasteiger partial charge in [-0.05, 0) is 65.8 Å². The third kappa shape index (κ3) is 5.04. The Kier molecular flexibility index (Phi) is 7.11. The summed E-state index contributed by atoms with van der Waals surface area (Å²) in [7, 11) is 0. The van der Waals surface area contributed by atoms with E-state index in [1.165, 1.54) is 22.9 Å². The molecule has 0 spiro atoms. The second kappa shape index (κ2) is 10.3. The van der Waals surface area contributed by atoms with Gasteiger partial charge in [-0.15, -0.1) is 0 Å². The van der Waals surface area contributed by atoms with E-state index in [-0.39, 0.29) is 23.6 Å². The minimum Gasteiger partial charge on any atom is -0.381 e. The van der Waals surface area contributed by atoms with Crippen molar-refractivity contribution < 1.29 is 14.3 Å². The Morgan fingerprint density at radius 2 is 1.89 bits per heavy atom. The van der Waals surface area contributed by atoms with Crippen molar-refractivity contribution in [2.45, 2.75) is 57.9 Å². The predicted octanol–water partition coefficient (Wildman–Crippen LogP) is 4.64. The van der Waals surface area contributed by atoms with E-state index in [0.29, 0.717) is 11.1 Å². The number of ketones is 1. The second-order valence-electron chi connectivity index (χ2n) is 11.1. The van der Waals surface area contributed by atoms with E-state index in [0.717, 1.165) is 77.2 Å². The third-order valence-corrected chi connectivity index (χ3v) is 8.21. The van der Waals surface area contributed by atoms with E-state index in [1.807, 2.05) is 6.07 Å². The van der Waals surface area contributed by atoms with Gasteiger partial charge in [0.25, 0.3) is 0 Å². The average Bonchev–Trinajstić information content (AvgIpc) is 3.40. The molecule has 2 aromatic rings. The molecule has 0 radical (unpaired) electrons. The van der Waals surface area contributed by atoms with Crippen LogP contribution < -0.4 is 0 Å². The van der Waals surface area contributed by atoms with Gasteiger partial charge in [0.2, 0.25) is 5.78 Å². The summed E-state index contributed by atoms with van der Waals surface area (Å²) in [5.74, 6) is 0.144. The zero-order valence-electron chi connectivity index (χ0n) is 21.4. The first-order chi connectivity index (χ1) is 17.4. The standard InChI is InChI=1S/C29H36N4O3/c1-28(2)7-5-21(6-8-28)25-18-23(29(9-13-35-14-10-29)33-11-15-36-16-12-33)4-3-22(25)17-26(34)27-31-20-24(19-30)32-27/h3-5,18,20H,6-17H2,1-2H3,(H,31,32). The van der Waals surface area contributed by atoms with Gasteiger partial charge in [-0.2, -0.15) is 5.26 Å². The van der Waals surface area contributed by atoms with Crippen molar-refractivity contribution in [2.24, 2.45) is 5.41 Å². The van der Waals surface area contributed by atoms with Crippen molar-refractivity contribution >= 4 is 11.4 Å². The molecule has 1 aliphatic carbocycles. The highest BCUT2D eigenvalue weighted by Gasteiger charge is 2.41. The Bertz CT molecular complexity index is 1180. The van der Waals surface area contributed by atoms with E-state index >= 15 is 0 Å². The smallest absolute Gasteiger partial charge is 0.202 e. The number of Topliss-reactive ketones (excluding diaryl/α,β-unsaturated/α-hetero) is 1. The molecule has 2 fully saturated rings. The topological polar surface area (TPSA) is 91.2 Å². The molecule has 2 aliphatic heterocycles. The number of nitrogens with one attached hydrogen (secondary N) is 1. The SMILES string of the molecule is CC1(C)CC=C(c2cc(C3(N4CCOCC4)CCOCC3)ccc2CC(=O)c2ncc(C#N)[nH]2)CC1. The lowest BCUT2D eigenvalue weighted by Crippen LogP contribution is -2.54. The molecule has 3 heterocycles. The molecular formula is C29H36N4O3. The summed E-state index contributed by atoms with van der Waals surface area (Å²) in [6.07, 6.45) is 9.13. The summed E-state index contributed by atoms with van der Waals surface area (Å²) in [6, 6.07) is 8.74. The highest BCUT2D eigenvalue weighted by atomic mass is 16.5. The van der Waals surface area contributed by atoms with Crippen LogP contribution in [0.1, 0.15) is 79.0 Å². The Balaban J connectivity index is 1.53. The fourth-order valence-corrected chi connectivity index (χ4v) is 5.90. The van der Waals surface area contributed by atoms with Crippen molar-refractivity contribution in [1.29, 1.82) is 5.26 Å². The number of aromatic amines is 1. The summed E-state index contributed by atoms with van der Waals surface area (Å²) >= 11 is 0. The number of benzene rings is 1. The van der Waals surface area contributed by atoms with Gasteiger partial charge in [0.1, 0.15) is 11.8 Å². The number of carbonyl (C=O) groups excluding carboxylic acids is 1. The third-order valence-electron chi connectivity index (χ3n) is 8.21. The van der Waals surface area contributed by atoms with Crippen LogP contribution in [0.25, 0.3) is 5.57 Å². The number of ether oxygens (including phenoxy) is 2. The molecule has 7 heteroatoms. The van der Waals surface area contributed by atoms with Crippen LogP contribution in [-0.2, 0) is 21.4 Å².